The van der Waals surface area contributed by atoms with E-state index in [0.29, 0.717) is 30.2 Å². The number of hydrogen-bond donors (Lipinski definition) is 2. The van der Waals surface area contributed by atoms with Gasteiger partial charge in [0.05, 0.1) is 5.69 Å². The molecule has 2 heterocycles. The molecule has 1 aliphatic heterocycles. The van der Waals surface area contributed by atoms with E-state index in [1.165, 1.54) is 5.56 Å². The Kier molecular flexibility index (Phi) is 8.26. The van der Waals surface area contributed by atoms with Crippen molar-refractivity contribution in [2.45, 2.75) is 39.5 Å². The summed E-state index contributed by atoms with van der Waals surface area (Å²) in [5.74, 6) is 0.772. The lowest BCUT2D eigenvalue weighted by atomic mass is 10.0. The normalized spacial score (nSPS) is 12.9. The van der Waals surface area contributed by atoms with Crippen molar-refractivity contribution in [1.29, 1.82) is 0 Å². The molecule has 0 unspecified atom stereocenters. The first-order valence-corrected chi connectivity index (χ1v) is 12.7. The average molecular weight is 507 g/mol. The summed E-state index contributed by atoms with van der Waals surface area (Å²) >= 11 is 6.16. The molecule has 3 N–H and O–H groups in total. The Bertz CT molecular complexity index is 1230. The molecule has 8 heteroatoms. The van der Waals surface area contributed by atoms with Gasteiger partial charge in [0.1, 0.15) is 5.82 Å². The average Bonchev–Trinajstić information content (AvgIpc) is 3.28. The second-order valence-electron chi connectivity index (χ2n) is 9.67. The number of likely N-dealkylation sites (N-methyl/N-ethyl adjacent to an activating group) is 1. The first-order valence-electron chi connectivity index (χ1n) is 12.3. The van der Waals surface area contributed by atoms with Crippen molar-refractivity contribution in [2.24, 2.45) is 5.73 Å². The molecule has 4 rings (SSSR count). The van der Waals surface area contributed by atoms with Crippen LogP contribution in [-0.2, 0) is 19.6 Å². The van der Waals surface area contributed by atoms with Crippen molar-refractivity contribution in [2.75, 3.05) is 32.2 Å². The van der Waals surface area contributed by atoms with Gasteiger partial charge in [0, 0.05) is 67.5 Å². The van der Waals surface area contributed by atoms with Gasteiger partial charge in [0.25, 0.3) is 5.91 Å². The molecule has 1 aliphatic rings. The van der Waals surface area contributed by atoms with E-state index < -0.39 is 0 Å². The molecule has 0 bridgehead atoms. The van der Waals surface area contributed by atoms with E-state index in [0.717, 1.165) is 41.3 Å². The third-order valence-corrected chi connectivity index (χ3v) is 6.58. The minimum Gasteiger partial charge on any atom is -0.337 e. The van der Waals surface area contributed by atoms with E-state index in [1.807, 2.05) is 54.5 Å². The minimum atomic E-state index is -0.0406. The molecule has 0 spiro atoms. The fourth-order valence-corrected chi connectivity index (χ4v) is 4.78. The maximum absolute atomic E-state index is 13.7. The van der Waals surface area contributed by atoms with Gasteiger partial charge in [-0.05, 0) is 56.3 Å². The standard InChI is InChI=1S/C28H35ClN6O/c1-19(2)35-27-25(16-31-35)24(28(36)34(4)18-21-8-6-10-23(29)14-21)15-26(32-27)22-9-5-7-20(13-22)17-33(3)12-11-30/h5-10,13-15,19,31H,11-12,16-18,30H2,1-4H3. The van der Waals surface area contributed by atoms with E-state index in [9.17, 15) is 4.79 Å². The van der Waals surface area contributed by atoms with Gasteiger partial charge in [-0.15, -0.1) is 0 Å². The Hall–Kier alpha value is -2.97. The highest BCUT2D eigenvalue weighted by Gasteiger charge is 2.30. The zero-order valence-corrected chi connectivity index (χ0v) is 22.2. The van der Waals surface area contributed by atoms with E-state index in [1.54, 1.807) is 4.90 Å². The first-order chi connectivity index (χ1) is 17.3. The number of anilines is 1. The fourth-order valence-electron chi connectivity index (χ4n) is 4.56. The Morgan fingerprint density at radius 3 is 2.53 bits per heavy atom. The Labute approximate surface area is 218 Å². The molecule has 0 saturated heterocycles. The van der Waals surface area contributed by atoms with Crippen LogP contribution in [0.3, 0.4) is 0 Å². The molecule has 1 amide bonds. The van der Waals surface area contributed by atoms with Crippen molar-refractivity contribution in [1.82, 2.24) is 20.2 Å². The number of fused-ring (bicyclic) bond motifs is 1. The maximum atomic E-state index is 13.7. The summed E-state index contributed by atoms with van der Waals surface area (Å²) in [6.45, 7) is 7.49. The summed E-state index contributed by atoms with van der Waals surface area (Å²) in [7, 11) is 3.89. The lowest BCUT2D eigenvalue weighted by Gasteiger charge is -2.24. The SMILES string of the molecule is CC(C)N1NCc2c(C(=O)N(C)Cc3cccc(Cl)c3)cc(-c3cccc(CN(C)CCN)c3)nc21. The zero-order chi connectivity index (χ0) is 25.8. The third-order valence-electron chi connectivity index (χ3n) is 6.35. The number of rotatable bonds is 9. The van der Waals surface area contributed by atoms with E-state index in [-0.39, 0.29) is 11.9 Å². The number of hydrogen-bond acceptors (Lipinski definition) is 6. The number of nitrogens with two attached hydrogens (primary N) is 1. The maximum Gasteiger partial charge on any atom is 0.254 e. The summed E-state index contributed by atoms with van der Waals surface area (Å²) in [5.41, 5.74) is 14.6. The summed E-state index contributed by atoms with van der Waals surface area (Å²) in [5, 5.41) is 2.71. The van der Waals surface area contributed by atoms with E-state index >= 15 is 0 Å². The molecule has 1 aromatic heterocycles. The highest BCUT2D eigenvalue weighted by Crippen LogP contribution is 2.33. The van der Waals surface area contributed by atoms with Crippen LogP contribution in [0.2, 0.25) is 5.02 Å². The molecule has 0 radical (unpaired) electrons. The van der Waals surface area contributed by atoms with Gasteiger partial charge in [-0.25, -0.2) is 10.4 Å². The molecule has 36 heavy (non-hydrogen) atoms. The van der Waals surface area contributed by atoms with E-state index in [4.69, 9.17) is 22.3 Å². The lowest BCUT2D eigenvalue weighted by Crippen LogP contribution is -2.38. The number of nitrogens with one attached hydrogen (secondary N) is 1. The Morgan fingerprint density at radius 1 is 1.11 bits per heavy atom. The summed E-state index contributed by atoms with van der Waals surface area (Å²) in [6.07, 6.45) is 0. The predicted octanol–water partition coefficient (Wildman–Crippen LogP) is 4.30. The number of amides is 1. The first kappa shape index (κ1) is 26.1. The number of carbonyl (C=O) groups excluding carboxylic acids is 1. The van der Waals surface area contributed by atoms with Crippen LogP contribution in [0, 0.1) is 0 Å². The number of benzene rings is 2. The summed E-state index contributed by atoms with van der Waals surface area (Å²) < 4.78 is 0. The van der Waals surface area contributed by atoms with Crippen LogP contribution in [0.1, 0.15) is 40.9 Å². The van der Waals surface area contributed by atoms with Crippen molar-refractivity contribution in [3.63, 3.8) is 0 Å². The molecule has 7 nitrogen and oxygen atoms in total. The predicted molar refractivity (Wildman–Crippen MR) is 147 cm³/mol. The zero-order valence-electron chi connectivity index (χ0n) is 21.5. The van der Waals surface area contributed by atoms with E-state index in [2.05, 4.69) is 43.4 Å². The number of pyridine rings is 1. The van der Waals surface area contributed by atoms with Gasteiger partial charge in [-0.3, -0.25) is 9.80 Å². The number of nitrogens with zero attached hydrogens (tertiary/aromatic N) is 4. The van der Waals surface area contributed by atoms with Crippen LogP contribution in [0.15, 0.2) is 54.6 Å². The summed E-state index contributed by atoms with van der Waals surface area (Å²) in [6, 6.07) is 18.1. The second-order valence-corrected chi connectivity index (χ2v) is 10.1. The monoisotopic (exact) mass is 506 g/mol. The van der Waals surface area contributed by atoms with Crippen LogP contribution < -0.4 is 16.2 Å². The van der Waals surface area contributed by atoms with Crippen LogP contribution >= 0.6 is 11.6 Å². The molecule has 0 fully saturated rings. The van der Waals surface area contributed by atoms with Gasteiger partial charge in [-0.2, -0.15) is 0 Å². The van der Waals surface area contributed by atoms with Crippen LogP contribution in [0.5, 0.6) is 0 Å². The Morgan fingerprint density at radius 2 is 1.83 bits per heavy atom. The number of halogens is 1. The van der Waals surface area contributed by atoms with Crippen molar-refractivity contribution in [3.05, 3.63) is 81.9 Å². The van der Waals surface area contributed by atoms with Crippen molar-refractivity contribution < 1.29 is 4.79 Å². The highest BCUT2D eigenvalue weighted by molar-refractivity contribution is 6.30. The second kappa shape index (κ2) is 11.4. The van der Waals surface area contributed by atoms with Gasteiger partial charge in [0.15, 0.2) is 0 Å². The lowest BCUT2D eigenvalue weighted by molar-refractivity contribution is 0.0784. The summed E-state index contributed by atoms with van der Waals surface area (Å²) in [4.78, 5) is 22.7. The molecule has 0 aliphatic carbocycles. The molecular formula is C28H35ClN6O. The number of carbonyl (C=O) groups is 1. The minimum absolute atomic E-state index is 0.0406. The third kappa shape index (κ3) is 5.87. The number of aromatic nitrogens is 1. The molecule has 0 saturated carbocycles. The van der Waals surface area contributed by atoms with Gasteiger partial charge in [0.2, 0.25) is 0 Å². The van der Waals surface area contributed by atoms with Crippen LogP contribution in [-0.4, -0.2) is 53.9 Å². The molecular weight excluding hydrogens is 472 g/mol. The smallest absolute Gasteiger partial charge is 0.254 e. The fraction of sp³-hybridized carbons (Fsp3) is 0.357. The highest BCUT2D eigenvalue weighted by atomic mass is 35.5. The number of hydrazine groups is 1. The topological polar surface area (TPSA) is 77.7 Å². The van der Waals surface area contributed by atoms with Gasteiger partial charge in [-0.1, -0.05) is 41.9 Å². The molecule has 2 aromatic carbocycles. The van der Waals surface area contributed by atoms with Crippen LogP contribution in [0.4, 0.5) is 5.82 Å². The Balaban J connectivity index is 1.71. The molecule has 190 valence electrons. The van der Waals surface area contributed by atoms with Gasteiger partial charge < -0.3 is 15.5 Å². The quantitative estimate of drug-likeness (QED) is 0.450. The van der Waals surface area contributed by atoms with Gasteiger partial charge >= 0.3 is 0 Å². The van der Waals surface area contributed by atoms with Crippen molar-refractivity contribution >= 4 is 23.3 Å². The largest absolute Gasteiger partial charge is 0.337 e. The van der Waals surface area contributed by atoms with Crippen molar-refractivity contribution in [3.8, 4) is 11.3 Å². The molecule has 0 atom stereocenters. The van der Waals surface area contributed by atoms with Crippen LogP contribution in [0.25, 0.3) is 11.3 Å². The molecule has 3 aromatic rings.